The van der Waals surface area contributed by atoms with Gasteiger partial charge in [-0.3, -0.25) is 19.6 Å². The largest absolute Gasteiger partial charge is 0.493 e. The van der Waals surface area contributed by atoms with E-state index in [1.54, 1.807) is 40.1 Å². The first-order valence-corrected chi connectivity index (χ1v) is 19.5. The van der Waals surface area contributed by atoms with E-state index in [9.17, 15) is 18.0 Å². The van der Waals surface area contributed by atoms with Crippen molar-refractivity contribution in [3.63, 3.8) is 0 Å². The summed E-state index contributed by atoms with van der Waals surface area (Å²) in [6.07, 6.45) is 3.18. The van der Waals surface area contributed by atoms with E-state index in [-0.39, 0.29) is 17.7 Å². The Morgan fingerprint density at radius 3 is 2.04 bits per heavy atom. The highest BCUT2D eigenvalue weighted by Crippen LogP contribution is 2.45. The van der Waals surface area contributed by atoms with E-state index in [1.165, 1.54) is 6.26 Å². The second-order valence-electron chi connectivity index (χ2n) is 12.7. The van der Waals surface area contributed by atoms with Crippen LogP contribution in [0, 0.1) is 0 Å². The van der Waals surface area contributed by atoms with Crippen LogP contribution in [0.4, 0.5) is 4.79 Å². The first-order chi connectivity index (χ1) is 23.5. The van der Waals surface area contributed by atoms with Gasteiger partial charge in [-0.15, -0.1) is 0 Å². The van der Waals surface area contributed by atoms with Gasteiger partial charge in [-0.1, -0.05) is 47.5 Å². The van der Waals surface area contributed by atoms with Gasteiger partial charge in [-0.05, 0) is 73.4 Å². The number of carbonyl (C=O) groups is 2. The topological polar surface area (TPSA) is 103 Å². The highest BCUT2D eigenvalue weighted by molar-refractivity contribution is 7.90. The molecule has 49 heavy (non-hydrogen) atoms. The molecule has 0 unspecified atom stereocenters. The van der Waals surface area contributed by atoms with E-state index in [2.05, 4.69) is 4.90 Å². The summed E-state index contributed by atoms with van der Waals surface area (Å²) < 4.78 is 29.7. The van der Waals surface area contributed by atoms with E-state index in [0.29, 0.717) is 85.2 Å². The van der Waals surface area contributed by atoms with Crippen LogP contribution in [0.15, 0.2) is 71.7 Å². The van der Waals surface area contributed by atoms with Crippen LogP contribution in [-0.4, -0.2) is 110 Å². The summed E-state index contributed by atoms with van der Waals surface area (Å²) >= 11 is 12.6. The molecule has 3 aliphatic rings. The SMILES string of the molecule is CCOc1ccc(C(=O)N2CCCC2)cc1C1=N[C@@H](c2ccc(Cl)cc2)[C@@H](c2ccc(Cl)cc2)N1C(=O)N1CCN(CCS(C)(=O)=O)CC1. The summed E-state index contributed by atoms with van der Waals surface area (Å²) in [6.45, 7) is 6.01. The number of likely N-dealkylation sites (tertiary alicyclic amines) is 1. The predicted octanol–water partition coefficient (Wildman–Crippen LogP) is 5.96. The number of carbonyl (C=O) groups excluding carboxylic acids is 2. The van der Waals surface area contributed by atoms with Crippen molar-refractivity contribution in [1.82, 2.24) is 19.6 Å². The average Bonchev–Trinajstić information content (AvgIpc) is 3.77. The third kappa shape index (κ3) is 8.06. The van der Waals surface area contributed by atoms with Crippen LogP contribution < -0.4 is 4.74 Å². The second-order valence-corrected chi connectivity index (χ2v) is 15.8. The van der Waals surface area contributed by atoms with Gasteiger partial charge in [-0.25, -0.2) is 13.2 Å². The van der Waals surface area contributed by atoms with Gasteiger partial charge in [0, 0.05) is 67.7 Å². The van der Waals surface area contributed by atoms with Crippen molar-refractivity contribution in [2.45, 2.75) is 31.8 Å². The van der Waals surface area contributed by atoms with Crippen molar-refractivity contribution < 1.29 is 22.7 Å². The van der Waals surface area contributed by atoms with Crippen LogP contribution in [0.3, 0.4) is 0 Å². The molecule has 3 aromatic rings. The third-order valence-electron chi connectivity index (χ3n) is 9.28. The van der Waals surface area contributed by atoms with Crippen molar-refractivity contribution in [1.29, 1.82) is 0 Å². The Morgan fingerprint density at radius 1 is 0.837 bits per heavy atom. The predicted molar refractivity (Wildman–Crippen MR) is 193 cm³/mol. The smallest absolute Gasteiger partial charge is 0.326 e. The molecule has 2 atom stereocenters. The number of benzene rings is 3. The van der Waals surface area contributed by atoms with Crippen molar-refractivity contribution >= 4 is 50.8 Å². The minimum atomic E-state index is -3.11. The minimum Gasteiger partial charge on any atom is -0.493 e. The van der Waals surface area contributed by atoms with E-state index in [1.807, 2.05) is 48.2 Å². The molecule has 10 nitrogen and oxygen atoms in total. The number of piperazine rings is 1. The fourth-order valence-electron chi connectivity index (χ4n) is 6.69. The number of halogens is 2. The van der Waals surface area contributed by atoms with Gasteiger partial charge < -0.3 is 14.5 Å². The number of amides is 3. The molecule has 0 bridgehead atoms. The quantitative estimate of drug-likeness (QED) is 0.270. The average molecular weight is 727 g/mol. The van der Waals surface area contributed by atoms with Gasteiger partial charge in [0.2, 0.25) is 0 Å². The summed E-state index contributed by atoms with van der Waals surface area (Å²) in [5, 5.41) is 1.16. The molecule has 0 aliphatic carbocycles. The minimum absolute atomic E-state index is 0.0630. The summed E-state index contributed by atoms with van der Waals surface area (Å²) in [5.74, 6) is 0.933. The number of amidine groups is 1. The number of aliphatic imine (C=N–C) groups is 1. The molecule has 3 aliphatic heterocycles. The summed E-state index contributed by atoms with van der Waals surface area (Å²) in [6, 6.07) is 19.0. The molecule has 6 rings (SSSR count). The van der Waals surface area contributed by atoms with Gasteiger partial charge in [0.15, 0.2) is 0 Å². The van der Waals surface area contributed by atoms with Crippen LogP contribution in [-0.2, 0) is 9.84 Å². The Balaban J connectivity index is 1.44. The van der Waals surface area contributed by atoms with Crippen LogP contribution in [0.1, 0.15) is 58.9 Å². The fraction of sp³-hybridized carbons (Fsp3) is 0.417. The molecule has 260 valence electrons. The summed E-state index contributed by atoms with van der Waals surface area (Å²) in [7, 11) is -3.11. The molecule has 0 spiro atoms. The molecule has 2 saturated heterocycles. The zero-order chi connectivity index (χ0) is 34.7. The van der Waals surface area contributed by atoms with E-state index in [4.69, 9.17) is 32.9 Å². The zero-order valence-corrected chi connectivity index (χ0v) is 30.1. The van der Waals surface area contributed by atoms with Crippen LogP contribution in [0.2, 0.25) is 10.0 Å². The van der Waals surface area contributed by atoms with Crippen LogP contribution >= 0.6 is 23.2 Å². The Kier molecular flexibility index (Phi) is 10.8. The summed E-state index contributed by atoms with van der Waals surface area (Å²) in [4.78, 5) is 41.2. The molecule has 3 heterocycles. The van der Waals surface area contributed by atoms with Gasteiger partial charge >= 0.3 is 6.03 Å². The molecular formula is C36H41Cl2N5O5S. The van der Waals surface area contributed by atoms with E-state index < -0.39 is 21.9 Å². The number of nitrogens with zero attached hydrogens (tertiary/aromatic N) is 5. The van der Waals surface area contributed by atoms with Crippen molar-refractivity contribution in [3.05, 3.63) is 99.0 Å². The number of sulfone groups is 1. The standard InChI is InChI=1S/C36H41Cl2N5O5S/c1-3-48-31-15-10-27(35(44)41-16-4-5-17-41)24-30(31)34-39-32(25-6-11-28(37)12-7-25)33(26-8-13-29(38)14-9-26)43(34)36(45)42-20-18-40(19-21-42)22-23-49(2,46)47/h6-15,24,32-33H,3-5,16-23H2,1-2H3/t32-,33+/m0/s1. The van der Waals surface area contributed by atoms with Crippen molar-refractivity contribution in [2.75, 3.05) is 64.4 Å². The molecule has 2 fully saturated rings. The highest BCUT2D eigenvalue weighted by atomic mass is 35.5. The van der Waals surface area contributed by atoms with E-state index in [0.717, 1.165) is 24.0 Å². The molecule has 0 saturated carbocycles. The number of ether oxygens (including phenoxy) is 1. The molecule has 3 aromatic carbocycles. The maximum atomic E-state index is 14.9. The second kappa shape index (κ2) is 15.1. The molecule has 3 amide bonds. The maximum absolute atomic E-state index is 14.9. The molecule has 13 heteroatoms. The van der Waals surface area contributed by atoms with Crippen molar-refractivity contribution in [2.24, 2.45) is 4.99 Å². The Hall–Kier alpha value is -3.64. The van der Waals surface area contributed by atoms with Gasteiger partial charge in [0.05, 0.1) is 24.0 Å². The fourth-order valence-corrected chi connectivity index (χ4v) is 7.53. The maximum Gasteiger partial charge on any atom is 0.326 e. The molecule has 0 N–H and O–H groups in total. The lowest BCUT2D eigenvalue weighted by Gasteiger charge is -2.39. The Labute approximate surface area is 298 Å². The number of rotatable bonds is 9. The number of hydrogen-bond acceptors (Lipinski definition) is 7. The van der Waals surface area contributed by atoms with Crippen LogP contribution in [0.25, 0.3) is 0 Å². The Bertz CT molecular complexity index is 1810. The van der Waals surface area contributed by atoms with Crippen LogP contribution in [0.5, 0.6) is 5.75 Å². The Morgan fingerprint density at radius 2 is 1.45 bits per heavy atom. The van der Waals surface area contributed by atoms with Gasteiger partial charge in [0.1, 0.15) is 27.5 Å². The molecule has 0 aromatic heterocycles. The highest BCUT2D eigenvalue weighted by Gasteiger charge is 2.45. The lowest BCUT2D eigenvalue weighted by molar-refractivity contribution is 0.0792. The number of hydrogen-bond donors (Lipinski definition) is 0. The normalized spacial score (nSPS) is 20.1. The van der Waals surface area contributed by atoms with Gasteiger partial charge in [-0.2, -0.15) is 0 Å². The summed E-state index contributed by atoms with van der Waals surface area (Å²) in [5.41, 5.74) is 2.77. The number of urea groups is 1. The zero-order valence-electron chi connectivity index (χ0n) is 27.7. The first kappa shape index (κ1) is 35.2. The van der Waals surface area contributed by atoms with E-state index >= 15 is 0 Å². The van der Waals surface area contributed by atoms with Gasteiger partial charge in [0.25, 0.3) is 5.91 Å². The lowest BCUT2D eigenvalue weighted by atomic mass is 9.93. The monoisotopic (exact) mass is 725 g/mol. The lowest BCUT2D eigenvalue weighted by Crippen LogP contribution is -2.54. The van der Waals surface area contributed by atoms with Crippen molar-refractivity contribution in [3.8, 4) is 5.75 Å². The third-order valence-corrected chi connectivity index (χ3v) is 10.7. The first-order valence-electron chi connectivity index (χ1n) is 16.7. The molecule has 0 radical (unpaired) electrons. The molecular weight excluding hydrogens is 685 g/mol.